The van der Waals surface area contributed by atoms with Gasteiger partial charge >= 0.3 is 5.76 Å². The summed E-state index contributed by atoms with van der Waals surface area (Å²) in [7, 11) is 0. The molecule has 1 aromatic carbocycles. The van der Waals surface area contributed by atoms with Crippen LogP contribution < -0.4 is 11.5 Å². The van der Waals surface area contributed by atoms with E-state index in [0.717, 1.165) is 5.56 Å². The van der Waals surface area contributed by atoms with Crippen molar-refractivity contribution in [3.8, 4) is 0 Å². The molecule has 0 atom stereocenters. The van der Waals surface area contributed by atoms with Crippen LogP contribution in [0.2, 0.25) is 0 Å². The Hall–Kier alpha value is -2.04. The molecule has 0 aliphatic heterocycles. The number of rotatable bonds is 2. The van der Waals surface area contributed by atoms with Gasteiger partial charge in [-0.25, -0.2) is 9.36 Å². The highest BCUT2D eigenvalue weighted by atomic mass is 16.5. The number of anilines is 1. The molecule has 0 fully saturated rings. The van der Waals surface area contributed by atoms with Gasteiger partial charge in [-0.05, 0) is 10.7 Å². The lowest BCUT2D eigenvalue weighted by atomic mass is 10.2. The highest BCUT2D eigenvalue weighted by Gasteiger charge is 2.06. The Morgan fingerprint density at radius 2 is 2.07 bits per heavy atom. The monoisotopic (exact) mass is 191 g/mol. The van der Waals surface area contributed by atoms with Crippen LogP contribution in [-0.2, 0) is 6.54 Å². The van der Waals surface area contributed by atoms with Gasteiger partial charge in [-0.2, -0.15) is 0 Å². The number of nitrogens with zero attached hydrogens (tertiary/aromatic N) is 2. The zero-order valence-corrected chi connectivity index (χ0v) is 7.38. The molecule has 1 aromatic heterocycles. The van der Waals surface area contributed by atoms with E-state index in [1.165, 1.54) is 4.57 Å². The summed E-state index contributed by atoms with van der Waals surface area (Å²) in [5.41, 5.74) is 6.42. The maximum absolute atomic E-state index is 11.1. The molecule has 0 unspecified atom stereocenters. The summed E-state index contributed by atoms with van der Waals surface area (Å²) in [6.45, 7) is 0.384. The lowest BCUT2D eigenvalue weighted by Crippen LogP contribution is -2.17. The maximum Gasteiger partial charge on any atom is 0.443 e. The lowest BCUT2D eigenvalue weighted by Gasteiger charge is -2.00. The third kappa shape index (κ3) is 1.52. The largest absolute Gasteiger partial charge is 0.443 e. The highest BCUT2D eigenvalue weighted by Crippen LogP contribution is 2.02. The fraction of sp³-hybridized carbons (Fsp3) is 0.111. The van der Waals surface area contributed by atoms with Crippen LogP contribution in [0.5, 0.6) is 0 Å². The zero-order valence-electron chi connectivity index (χ0n) is 7.38. The van der Waals surface area contributed by atoms with E-state index in [1.807, 2.05) is 30.3 Å². The Balaban J connectivity index is 2.32. The van der Waals surface area contributed by atoms with Gasteiger partial charge in [0.05, 0.1) is 6.54 Å². The molecule has 0 bridgehead atoms. The van der Waals surface area contributed by atoms with Crippen LogP contribution in [-0.4, -0.2) is 9.72 Å². The minimum absolute atomic E-state index is 0.0962. The van der Waals surface area contributed by atoms with Crippen molar-refractivity contribution >= 4 is 5.95 Å². The fourth-order valence-electron chi connectivity index (χ4n) is 1.19. The summed E-state index contributed by atoms with van der Waals surface area (Å²) >= 11 is 0. The third-order valence-corrected chi connectivity index (χ3v) is 1.90. The Morgan fingerprint density at radius 1 is 1.36 bits per heavy atom. The number of hydrogen-bond acceptors (Lipinski definition) is 4. The summed E-state index contributed by atoms with van der Waals surface area (Å²) in [6, 6.07) is 9.50. The van der Waals surface area contributed by atoms with Crippen molar-refractivity contribution in [2.45, 2.75) is 6.54 Å². The molecule has 5 nitrogen and oxygen atoms in total. The van der Waals surface area contributed by atoms with E-state index < -0.39 is 5.76 Å². The average Bonchev–Trinajstić information content (AvgIpc) is 2.51. The normalized spacial score (nSPS) is 10.3. The Bertz CT molecular complexity index is 472. The third-order valence-electron chi connectivity index (χ3n) is 1.90. The van der Waals surface area contributed by atoms with Crippen LogP contribution in [0.1, 0.15) is 5.56 Å². The van der Waals surface area contributed by atoms with Gasteiger partial charge in [-0.15, -0.1) is 0 Å². The predicted octanol–water partition coefficient (Wildman–Crippen LogP) is 0.467. The first-order valence-corrected chi connectivity index (χ1v) is 4.13. The fourth-order valence-corrected chi connectivity index (χ4v) is 1.19. The number of nitrogens with two attached hydrogens (primary N) is 1. The Labute approximate surface area is 79.7 Å². The van der Waals surface area contributed by atoms with Crippen molar-refractivity contribution in [3.05, 3.63) is 46.4 Å². The van der Waals surface area contributed by atoms with E-state index in [9.17, 15) is 4.79 Å². The summed E-state index contributed by atoms with van der Waals surface area (Å²) in [6.07, 6.45) is 0. The van der Waals surface area contributed by atoms with Gasteiger partial charge in [0.1, 0.15) is 0 Å². The van der Waals surface area contributed by atoms with Crippen molar-refractivity contribution in [3.63, 3.8) is 0 Å². The molecule has 0 saturated heterocycles. The predicted molar refractivity (Wildman–Crippen MR) is 50.7 cm³/mol. The van der Waals surface area contributed by atoms with E-state index in [-0.39, 0.29) is 5.95 Å². The number of benzene rings is 1. The summed E-state index contributed by atoms with van der Waals surface area (Å²) in [5, 5.41) is 3.37. The molecule has 2 rings (SSSR count). The van der Waals surface area contributed by atoms with Gasteiger partial charge in [0.25, 0.3) is 0 Å². The van der Waals surface area contributed by atoms with Crippen LogP contribution in [0, 0.1) is 0 Å². The molecular weight excluding hydrogens is 182 g/mol. The Morgan fingerprint density at radius 3 is 2.64 bits per heavy atom. The van der Waals surface area contributed by atoms with Gasteiger partial charge in [0.15, 0.2) is 0 Å². The van der Waals surface area contributed by atoms with Gasteiger partial charge in [0, 0.05) is 0 Å². The minimum Gasteiger partial charge on any atom is -0.366 e. The van der Waals surface area contributed by atoms with Crippen LogP contribution in [0.15, 0.2) is 39.6 Å². The lowest BCUT2D eigenvalue weighted by molar-refractivity contribution is 0.378. The Kier molecular flexibility index (Phi) is 2.06. The molecule has 0 saturated carbocycles. The van der Waals surface area contributed by atoms with Crippen molar-refractivity contribution in [2.24, 2.45) is 0 Å². The first kappa shape index (κ1) is 8.55. The topological polar surface area (TPSA) is 74.1 Å². The first-order chi connectivity index (χ1) is 6.77. The van der Waals surface area contributed by atoms with Crippen molar-refractivity contribution in [2.75, 3.05) is 5.73 Å². The van der Waals surface area contributed by atoms with E-state index in [0.29, 0.717) is 6.54 Å². The zero-order chi connectivity index (χ0) is 9.97. The smallest absolute Gasteiger partial charge is 0.366 e. The second-order valence-corrected chi connectivity index (χ2v) is 2.88. The van der Waals surface area contributed by atoms with Crippen molar-refractivity contribution < 1.29 is 4.52 Å². The molecule has 0 radical (unpaired) electrons. The van der Waals surface area contributed by atoms with Crippen molar-refractivity contribution in [1.29, 1.82) is 0 Å². The molecule has 2 aromatic rings. The quantitative estimate of drug-likeness (QED) is 0.748. The molecule has 5 heteroatoms. The number of aromatic nitrogens is 2. The second kappa shape index (κ2) is 3.37. The summed E-state index contributed by atoms with van der Waals surface area (Å²) in [4.78, 5) is 11.1. The molecule has 0 spiro atoms. The SMILES string of the molecule is Nc1noc(=O)n1Cc1ccccc1. The van der Waals surface area contributed by atoms with Gasteiger partial charge in [-0.1, -0.05) is 30.3 Å². The van der Waals surface area contributed by atoms with Gasteiger partial charge in [0.2, 0.25) is 5.95 Å². The summed E-state index contributed by atoms with van der Waals surface area (Å²) in [5.74, 6) is -0.440. The van der Waals surface area contributed by atoms with Crippen LogP contribution in [0.4, 0.5) is 5.95 Å². The van der Waals surface area contributed by atoms with Crippen molar-refractivity contribution in [1.82, 2.24) is 9.72 Å². The van der Waals surface area contributed by atoms with E-state index >= 15 is 0 Å². The molecule has 14 heavy (non-hydrogen) atoms. The van der Waals surface area contributed by atoms with E-state index in [2.05, 4.69) is 9.68 Å². The highest BCUT2D eigenvalue weighted by molar-refractivity contribution is 5.19. The number of nitrogen functional groups attached to an aromatic ring is 1. The average molecular weight is 191 g/mol. The molecule has 2 N–H and O–H groups in total. The molecule has 1 heterocycles. The van der Waals surface area contributed by atoms with Crippen LogP contribution >= 0.6 is 0 Å². The molecular formula is C9H9N3O2. The second-order valence-electron chi connectivity index (χ2n) is 2.88. The van der Waals surface area contributed by atoms with Crippen LogP contribution in [0.25, 0.3) is 0 Å². The van der Waals surface area contributed by atoms with Gasteiger partial charge < -0.3 is 5.73 Å². The minimum atomic E-state index is -0.536. The van der Waals surface area contributed by atoms with Crippen LogP contribution in [0.3, 0.4) is 0 Å². The molecule has 0 aliphatic rings. The van der Waals surface area contributed by atoms with E-state index in [1.54, 1.807) is 0 Å². The summed E-state index contributed by atoms with van der Waals surface area (Å²) < 4.78 is 5.67. The molecule has 0 aliphatic carbocycles. The van der Waals surface area contributed by atoms with Gasteiger partial charge in [-0.3, -0.25) is 4.52 Å². The standard InChI is InChI=1S/C9H9N3O2/c10-8-11-14-9(13)12(8)6-7-4-2-1-3-5-7/h1-5H,6H2,(H2,10,11). The first-order valence-electron chi connectivity index (χ1n) is 4.13. The molecule has 72 valence electrons. The number of hydrogen-bond donors (Lipinski definition) is 1. The maximum atomic E-state index is 11.1. The molecule has 0 amide bonds. The van der Waals surface area contributed by atoms with E-state index in [4.69, 9.17) is 5.73 Å².